The standard InChI is InChI=1S/C18H28N2O3.ClH/c1-17(2,14-4-6-15(22-3)7-5-14)13-20-16(21)18(12-19)8-10-23-11-9-18;/h4-7H,8-13,19H2,1-3H3,(H,20,21);1H. The zero-order chi connectivity index (χ0) is 16.9. The summed E-state index contributed by atoms with van der Waals surface area (Å²) in [7, 11) is 1.65. The molecule has 1 amide bonds. The highest BCUT2D eigenvalue weighted by molar-refractivity contribution is 5.85. The van der Waals surface area contributed by atoms with Crippen LogP contribution in [0.2, 0.25) is 0 Å². The van der Waals surface area contributed by atoms with Crippen molar-refractivity contribution in [3.05, 3.63) is 29.8 Å². The Hall–Kier alpha value is -1.30. The van der Waals surface area contributed by atoms with E-state index in [-0.39, 0.29) is 23.7 Å². The SMILES string of the molecule is COc1ccc(C(C)(C)CNC(=O)C2(CN)CCOCC2)cc1.Cl. The predicted molar refractivity (Wildman–Crippen MR) is 97.8 cm³/mol. The lowest BCUT2D eigenvalue weighted by molar-refractivity contribution is -0.136. The molecule has 2 rings (SSSR count). The smallest absolute Gasteiger partial charge is 0.227 e. The van der Waals surface area contributed by atoms with Gasteiger partial charge in [-0.3, -0.25) is 4.79 Å². The predicted octanol–water partition coefficient (Wildman–Crippen LogP) is 2.27. The Morgan fingerprint density at radius 3 is 2.38 bits per heavy atom. The molecule has 0 atom stereocenters. The van der Waals surface area contributed by atoms with E-state index in [1.54, 1.807) is 7.11 Å². The first-order chi connectivity index (χ1) is 10.9. The number of halogens is 1. The average molecular weight is 357 g/mol. The lowest BCUT2D eigenvalue weighted by Crippen LogP contribution is -2.51. The van der Waals surface area contributed by atoms with Crippen LogP contribution in [0.1, 0.15) is 32.3 Å². The summed E-state index contributed by atoms with van der Waals surface area (Å²) in [4.78, 5) is 12.7. The third-order valence-electron chi connectivity index (χ3n) is 4.88. The van der Waals surface area contributed by atoms with Crippen LogP contribution in [0.3, 0.4) is 0 Å². The normalized spacial score (nSPS) is 16.8. The molecule has 1 saturated heterocycles. The summed E-state index contributed by atoms with van der Waals surface area (Å²) in [6.07, 6.45) is 1.39. The summed E-state index contributed by atoms with van der Waals surface area (Å²) in [6, 6.07) is 7.97. The van der Waals surface area contributed by atoms with Gasteiger partial charge in [-0.05, 0) is 30.5 Å². The molecular formula is C18H29ClN2O3. The van der Waals surface area contributed by atoms with Crippen LogP contribution in [-0.4, -0.2) is 39.3 Å². The summed E-state index contributed by atoms with van der Waals surface area (Å²) >= 11 is 0. The number of amides is 1. The fraction of sp³-hybridized carbons (Fsp3) is 0.611. The number of nitrogens with two attached hydrogens (primary N) is 1. The van der Waals surface area contributed by atoms with Crippen molar-refractivity contribution in [1.29, 1.82) is 0 Å². The van der Waals surface area contributed by atoms with Gasteiger partial charge in [0.1, 0.15) is 5.75 Å². The molecule has 0 radical (unpaired) electrons. The van der Waals surface area contributed by atoms with E-state index < -0.39 is 5.41 Å². The van der Waals surface area contributed by atoms with E-state index in [0.29, 0.717) is 39.1 Å². The van der Waals surface area contributed by atoms with Crippen molar-refractivity contribution in [2.45, 2.75) is 32.1 Å². The van der Waals surface area contributed by atoms with Crippen LogP contribution < -0.4 is 15.8 Å². The van der Waals surface area contributed by atoms with Crippen molar-refractivity contribution in [2.24, 2.45) is 11.1 Å². The van der Waals surface area contributed by atoms with Crippen LogP contribution in [-0.2, 0) is 14.9 Å². The van der Waals surface area contributed by atoms with Crippen LogP contribution in [0, 0.1) is 5.41 Å². The molecule has 0 bridgehead atoms. The topological polar surface area (TPSA) is 73.6 Å². The minimum absolute atomic E-state index is 0. The Kier molecular flexibility index (Phi) is 7.52. The number of rotatable bonds is 6. The average Bonchev–Trinajstić information content (AvgIpc) is 2.60. The van der Waals surface area contributed by atoms with Crippen LogP contribution in [0.25, 0.3) is 0 Å². The Labute approximate surface area is 150 Å². The first-order valence-electron chi connectivity index (χ1n) is 8.14. The van der Waals surface area contributed by atoms with Gasteiger partial charge >= 0.3 is 0 Å². The van der Waals surface area contributed by atoms with Gasteiger partial charge in [0.25, 0.3) is 0 Å². The summed E-state index contributed by atoms with van der Waals surface area (Å²) in [5.74, 6) is 0.878. The second kappa shape index (κ2) is 8.70. The number of benzene rings is 1. The molecule has 5 nitrogen and oxygen atoms in total. The molecule has 1 heterocycles. The fourth-order valence-electron chi connectivity index (χ4n) is 2.92. The molecular weight excluding hydrogens is 328 g/mol. The van der Waals surface area contributed by atoms with Crippen LogP contribution in [0.15, 0.2) is 24.3 Å². The van der Waals surface area contributed by atoms with Crippen molar-refractivity contribution in [2.75, 3.05) is 33.4 Å². The number of methoxy groups -OCH3 is 1. The molecule has 24 heavy (non-hydrogen) atoms. The van der Waals surface area contributed by atoms with Gasteiger partial charge in [-0.15, -0.1) is 12.4 Å². The van der Waals surface area contributed by atoms with E-state index in [1.165, 1.54) is 0 Å². The third-order valence-corrected chi connectivity index (χ3v) is 4.88. The highest BCUT2D eigenvalue weighted by Gasteiger charge is 2.39. The first-order valence-corrected chi connectivity index (χ1v) is 8.14. The molecule has 1 aromatic rings. The summed E-state index contributed by atoms with van der Waals surface area (Å²) in [5.41, 5.74) is 6.41. The largest absolute Gasteiger partial charge is 0.497 e. The van der Waals surface area contributed by atoms with Gasteiger partial charge < -0.3 is 20.5 Å². The molecule has 1 aromatic carbocycles. The minimum Gasteiger partial charge on any atom is -0.497 e. The van der Waals surface area contributed by atoms with Crippen molar-refractivity contribution < 1.29 is 14.3 Å². The molecule has 0 saturated carbocycles. The number of nitrogens with one attached hydrogen (secondary N) is 1. The van der Waals surface area contributed by atoms with Crippen molar-refractivity contribution in [3.63, 3.8) is 0 Å². The Bertz CT molecular complexity index is 526. The summed E-state index contributed by atoms with van der Waals surface area (Å²) < 4.78 is 10.6. The Morgan fingerprint density at radius 2 is 1.88 bits per heavy atom. The lowest BCUT2D eigenvalue weighted by atomic mass is 9.78. The molecule has 3 N–H and O–H groups in total. The summed E-state index contributed by atoms with van der Waals surface area (Å²) in [6.45, 7) is 6.38. The monoisotopic (exact) mass is 356 g/mol. The zero-order valence-corrected chi connectivity index (χ0v) is 15.6. The molecule has 6 heteroatoms. The highest BCUT2D eigenvalue weighted by Crippen LogP contribution is 2.30. The van der Waals surface area contributed by atoms with Gasteiger partial charge in [0, 0.05) is 31.7 Å². The van der Waals surface area contributed by atoms with Gasteiger partial charge in [0.2, 0.25) is 5.91 Å². The number of hydrogen-bond acceptors (Lipinski definition) is 4. The quantitative estimate of drug-likeness (QED) is 0.820. The fourth-order valence-corrected chi connectivity index (χ4v) is 2.92. The van der Waals surface area contributed by atoms with E-state index in [1.807, 2.05) is 24.3 Å². The highest BCUT2D eigenvalue weighted by atomic mass is 35.5. The summed E-state index contributed by atoms with van der Waals surface area (Å²) in [5, 5.41) is 3.11. The number of carbonyl (C=O) groups is 1. The van der Waals surface area contributed by atoms with E-state index in [4.69, 9.17) is 15.2 Å². The van der Waals surface area contributed by atoms with Crippen molar-refractivity contribution in [1.82, 2.24) is 5.32 Å². The third kappa shape index (κ3) is 4.62. The minimum atomic E-state index is -0.478. The Balaban J connectivity index is 0.00000288. The maximum atomic E-state index is 12.7. The van der Waals surface area contributed by atoms with E-state index >= 15 is 0 Å². The molecule has 136 valence electrons. The molecule has 0 aliphatic carbocycles. The molecule has 0 aromatic heterocycles. The molecule has 1 aliphatic heterocycles. The van der Waals surface area contributed by atoms with Crippen LogP contribution in [0.5, 0.6) is 5.75 Å². The van der Waals surface area contributed by atoms with Crippen LogP contribution in [0.4, 0.5) is 0 Å². The maximum absolute atomic E-state index is 12.7. The van der Waals surface area contributed by atoms with E-state index in [2.05, 4.69) is 19.2 Å². The molecule has 1 aliphatic rings. The van der Waals surface area contributed by atoms with E-state index in [0.717, 1.165) is 11.3 Å². The number of ether oxygens (including phenoxy) is 2. The van der Waals surface area contributed by atoms with Crippen molar-refractivity contribution >= 4 is 18.3 Å². The van der Waals surface area contributed by atoms with Crippen LogP contribution >= 0.6 is 12.4 Å². The zero-order valence-electron chi connectivity index (χ0n) is 14.8. The van der Waals surface area contributed by atoms with Gasteiger partial charge in [0.15, 0.2) is 0 Å². The molecule has 0 unspecified atom stereocenters. The number of carbonyl (C=O) groups excluding carboxylic acids is 1. The van der Waals surface area contributed by atoms with Crippen molar-refractivity contribution in [3.8, 4) is 5.75 Å². The Morgan fingerprint density at radius 1 is 1.29 bits per heavy atom. The molecule has 0 spiro atoms. The number of hydrogen-bond donors (Lipinski definition) is 2. The maximum Gasteiger partial charge on any atom is 0.227 e. The van der Waals surface area contributed by atoms with Gasteiger partial charge in [0.05, 0.1) is 12.5 Å². The second-order valence-electron chi connectivity index (χ2n) is 6.89. The van der Waals surface area contributed by atoms with Gasteiger partial charge in [-0.25, -0.2) is 0 Å². The van der Waals surface area contributed by atoms with Gasteiger partial charge in [-0.2, -0.15) is 0 Å². The molecule has 1 fully saturated rings. The second-order valence-corrected chi connectivity index (χ2v) is 6.89. The lowest BCUT2D eigenvalue weighted by Gasteiger charge is -2.36. The van der Waals surface area contributed by atoms with Gasteiger partial charge in [-0.1, -0.05) is 26.0 Å². The first kappa shape index (κ1) is 20.7. The van der Waals surface area contributed by atoms with E-state index in [9.17, 15) is 4.79 Å².